The third-order valence-corrected chi connectivity index (χ3v) is 3.69. The van der Waals surface area contributed by atoms with Crippen LogP contribution in [0, 0.1) is 12.8 Å². The quantitative estimate of drug-likeness (QED) is 0.774. The summed E-state index contributed by atoms with van der Waals surface area (Å²) < 4.78 is 0. The average Bonchev–Trinajstić information content (AvgIpc) is 2.36. The van der Waals surface area contributed by atoms with Crippen molar-refractivity contribution in [3.63, 3.8) is 0 Å². The summed E-state index contributed by atoms with van der Waals surface area (Å²) in [5.41, 5.74) is 3.39. The summed E-state index contributed by atoms with van der Waals surface area (Å²) in [6.07, 6.45) is 5.16. The highest BCUT2D eigenvalue weighted by atomic mass is 16.1. The molecule has 1 aliphatic rings. The van der Waals surface area contributed by atoms with Crippen LogP contribution in [0.3, 0.4) is 0 Å². The Balaban J connectivity index is 2.14. The Morgan fingerprint density at radius 3 is 2.58 bits per heavy atom. The van der Waals surface area contributed by atoms with Crippen molar-refractivity contribution in [1.29, 1.82) is 0 Å². The van der Waals surface area contributed by atoms with Crippen molar-refractivity contribution in [2.24, 2.45) is 5.92 Å². The Kier molecular flexibility index (Phi) is 4.54. The predicted octanol–water partition coefficient (Wildman–Crippen LogP) is 3.31. The van der Waals surface area contributed by atoms with Gasteiger partial charge < -0.3 is 4.90 Å². The molecular weight excluding hydrogens is 234 g/mol. The smallest absolute Gasteiger partial charge is 0.163 e. The lowest BCUT2D eigenvalue weighted by Gasteiger charge is -2.25. The Morgan fingerprint density at radius 2 is 1.95 bits per heavy atom. The maximum atomic E-state index is 12.4. The van der Waals surface area contributed by atoms with Crippen LogP contribution >= 0.6 is 0 Å². The summed E-state index contributed by atoms with van der Waals surface area (Å²) in [4.78, 5) is 14.5. The van der Waals surface area contributed by atoms with Crippen LogP contribution in [0.5, 0.6) is 0 Å². The number of ketones is 1. The summed E-state index contributed by atoms with van der Waals surface area (Å²) in [5, 5.41) is 0. The van der Waals surface area contributed by atoms with E-state index in [0.717, 1.165) is 36.9 Å². The maximum Gasteiger partial charge on any atom is 0.163 e. The molecule has 0 spiro atoms. The van der Waals surface area contributed by atoms with Gasteiger partial charge >= 0.3 is 0 Å². The minimum Gasteiger partial charge on any atom is -0.309 e. The zero-order valence-electron chi connectivity index (χ0n) is 12.1. The molecule has 1 saturated carbocycles. The van der Waals surface area contributed by atoms with Gasteiger partial charge in [-0.3, -0.25) is 4.79 Å². The number of nitrogens with zero attached hydrogens (tertiary/aromatic N) is 1. The molecule has 1 aliphatic carbocycles. The highest BCUT2D eigenvalue weighted by molar-refractivity contribution is 6.01. The molecule has 0 bridgehead atoms. The molecule has 0 aromatic heterocycles. The van der Waals surface area contributed by atoms with Gasteiger partial charge in [-0.1, -0.05) is 29.8 Å². The third-order valence-electron chi connectivity index (χ3n) is 3.69. The molecule has 0 amide bonds. The molecule has 1 fully saturated rings. The van der Waals surface area contributed by atoms with Crippen LogP contribution in [0.1, 0.15) is 30.4 Å². The summed E-state index contributed by atoms with van der Waals surface area (Å²) in [6.45, 7) is 2.94. The minimum atomic E-state index is 0.181. The molecule has 0 saturated heterocycles. The largest absolute Gasteiger partial charge is 0.309 e. The Hall–Kier alpha value is -1.41. The van der Waals surface area contributed by atoms with Gasteiger partial charge in [-0.05, 0) is 57.5 Å². The second-order valence-corrected chi connectivity index (χ2v) is 5.80. The molecule has 0 N–H and O–H groups in total. The van der Waals surface area contributed by atoms with E-state index in [2.05, 4.69) is 42.2 Å². The van der Waals surface area contributed by atoms with Crippen molar-refractivity contribution >= 4 is 11.9 Å². The highest BCUT2D eigenvalue weighted by Gasteiger charge is 2.26. The first-order valence-electron chi connectivity index (χ1n) is 7.02. The monoisotopic (exact) mass is 257 g/mol. The fourth-order valence-electron chi connectivity index (χ4n) is 2.68. The van der Waals surface area contributed by atoms with Crippen molar-refractivity contribution in [1.82, 2.24) is 4.90 Å². The van der Waals surface area contributed by atoms with Crippen LogP contribution < -0.4 is 0 Å². The second-order valence-electron chi connectivity index (χ2n) is 5.80. The topological polar surface area (TPSA) is 20.3 Å². The summed E-state index contributed by atoms with van der Waals surface area (Å²) >= 11 is 0. The molecule has 1 aromatic rings. The van der Waals surface area contributed by atoms with Gasteiger partial charge in [0.25, 0.3) is 0 Å². The molecule has 2 rings (SSSR count). The molecule has 19 heavy (non-hydrogen) atoms. The number of allylic oxidation sites excluding steroid dienone is 1. The number of benzene rings is 1. The van der Waals surface area contributed by atoms with Gasteiger partial charge in [-0.2, -0.15) is 0 Å². The number of Topliss-reactive ketones (excluding diaryl/α,β-unsaturated/α-hetero) is 1. The lowest BCUT2D eigenvalue weighted by atomic mass is 9.83. The van der Waals surface area contributed by atoms with Crippen LogP contribution in [0.2, 0.25) is 0 Å². The van der Waals surface area contributed by atoms with Crippen LogP contribution in [-0.2, 0) is 4.79 Å². The lowest BCUT2D eigenvalue weighted by Crippen LogP contribution is -2.31. The third kappa shape index (κ3) is 3.77. The summed E-state index contributed by atoms with van der Waals surface area (Å²) in [5.74, 6) is 0.529. The van der Waals surface area contributed by atoms with E-state index in [9.17, 15) is 4.79 Å². The molecular formula is C17H23NO. The van der Waals surface area contributed by atoms with Gasteiger partial charge in [0.1, 0.15) is 0 Å². The summed E-state index contributed by atoms with van der Waals surface area (Å²) in [7, 11) is 4.07. The van der Waals surface area contributed by atoms with Crippen LogP contribution in [0.15, 0.2) is 29.8 Å². The maximum absolute atomic E-state index is 12.4. The van der Waals surface area contributed by atoms with E-state index in [1.165, 1.54) is 5.56 Å². The standard InChI is InChI=1S/C17H23NO/c1-13-7-9-14(10-8-13)11-15-5-4-6-16(17(15)19)12-18(2)3/h7-11,16H,4-6,12H2,1-3H3/b15-11+/t16-/m0/s1. The van der Waals surface area contributed by atoms with Crippen molar-refractivity contribution in [2.45, 2.75) is 26.2 Å². The molecule has 2 heteroatoms. The predicted molar refractivity (Wildman–Crippen MR) is 80.1 cm³/mol. The number of carbonyl (C=O) groups excluding carboxylic acids is 1. The number of rotatable bonds is 3. The van der Waals surface area contributed by atoms with Crippen LogP contribution in [-0.4, -0.2) is 31.3 Å². The fraction of sp³-hybridized carbons (Fsp3) is 0.471. The first-order valence-corrected chi connectivity index (χ1v) is 7.02. The molecule has 0 heterocycles. The minimum absolute atomic E-state index is 0.181. The molecule has 1 atom stereocenters. The zero-order valence-corrected chi connectivity index (χ0v) is 12.1. The summed E-state index contributed by atoms with van der Waals surface area (Å²) in [6, 6.07) is 8.37. The van der Waals surface area contributed by atoms with Gasteiger partial charge in [0.15, 0.2) is 5.78 Å². The molecule has 0 aliphatic heterocycles. The van der Waals surface area contributed by atoms with E-state index in [0.29, 0.717) is 5.78 Å². The van der Waals surface area contributed by atoms with E-state index in [1.807, 2.05) is 14.1 Å². The van der Waals surface area contributed by atoms with Crippen molar-refractivity contribution in [3.05, 3.63) is 41.0 Å². The lowest BCUT2D eigenvalue weighted by molar-refractivity contribution is -0.120. The normalized spacial score (nSPS) is 22.2. The van der Waals surface area contributed by atoms with Gasteiger partial charge in [0.05, 0.1) is 0 Å². The number of hydrogen-bond donors (Lipinski definition) is 0. The van der Waals surface area contributed by atoms with Gasteiger partial charge in [0.2, 0.25) is 0 Å². The highest BCUT2D eigenvalue weighted by Crippen LogP contribution is 2.27. The van der Waals surface area contributed by atoms with Gasteiger partial charge in [0, 0.05) is 12.5 Å². The molecule has 0 unspecified atom stereocenters. The van der Waals surface area contributed by atoms with E-state index < -0.39 is 0 Å². The van der Waals surface area contributed by atoms with Crippen LogP contribution in [0.4, 0.5) is 0 Å². The fourth-order valence-corrected chi connectivity index (χ4v) is 2.68. The SMILES string of the molecule is Cc1ccc(/C=C2\CCC[C@@H](CN(C)C)C2=O)cc1. The molecule has 102 valence electrons. The van der Waals surface area contributed by atoms with E-state index in [1.54, 1.807) is 0 Å². The van der Waals surface area contributed by atoms with Gasteiger partial charge in [-0.15, -0.1) is 0 Å². The molecule has 0 radical (unpaired) electrons. The first kappa shape index (κ1) is 14.0. The van der Waals surface area contributed by atoms with Crippen LogP contribution in [0.25, 0.3) is 6.08 Å². The number of carbonyl (C=O) groups is 1. The first-order chi connectivity index (χ1) is 9.06. The van der Waals surface area contributed by atoms with Crippen molar-refractivity contribution in [3.8, 4) is 0 Å². The van der Waals surface area contributed by atoms with Crippen molar-refractivity contribution < 1.29 is 4.79 Å². The Bertz CT molecular complexity index is 471. The Morgan fingerprint density at radius 1 is 1.26 bits per heavy atom. The van der Waals surface area contributed by atoms with Crippen molar-refractivity contribution in [2.75, 3.05) is 20.6 Å². The number of aryl methyl sites for hydroxylation is 1. The number of hydrogen-bond acceptors (Lipinski definition) is 2. The Labute approximate surface area is 116 Å². The zero-order chi connectivity index (χ0) is 13.8. The van der Waals surface area contributed by atoms with E-state index >= 15 is 0 Å². The second kappa shape index (κ2) is 6.16. The van der Waals surface area contributed by atoms with E-state index in [-0.39, 0.29) is 5.92 Å². The molecule has 2 nitrogen and oxygen atoms in total. The molecule has 1 aromatic carbocycles. The van der Waals surface area contributed by atoms with E-state index in [4.69, 9.17) is 0 Å². The average molecular weight is 257 g/mol. The van der Waals surface area contributed by atoms with Gasteiger partial charge in [-0.25, -0.2) is 0 Å².